The van der Waals surface area contributed by atoms with E-state index in [4.69, 9.17) is 9.15 Å². The maximum atomic E-state index is 13.1. The van der Waals surface area contributed by atoms with Gasteiger partial charge in [-0.15, -0.1) is 0 Å². The van der Waals surface area contributed by atoms with Gasteiger partial charge in [0.1, 0.15) is 5.58 Å². The van der Waals surface area contributed by atoms with Gasteiger partial charge in [0.15, 0.2) is 0 Å². The molecule has 1 aliphatic heterocycles. The summed E-state index contributed by atoms with van der Waals surface area (Å²) in [5.74, 6) is 0.337. The molecule has 0 spiro atoms. The van der Waals surface area contributed by atoms with Crippen LogP contribution in [0.5, 0.6) is 0 Å². The summed E-state index contributed by atoms with van der Waals surface area (Å²) in [4.78, 5) is 25.7. The molecule has 6 rings (SSSR count). The maximum absolute atomic E-state index is 13.1. The molecule has 2 fully saturated rings. The van der Waals surface area contributed by atoms with Crippen molar-refractivity contribution in [3.05, 3.63) is 60.0 Å². The largest absolute Gasteiger partial charge is 0.463 e. The van der Waals surface area contributed by atoms with Gasteiger partial charge in [-0.2, -0.15) is 0 Å². The van der Waals surface area contributed by atoms with Crippen molar-refractivity contribution < 1.29 is 18.7 Å². The number of hydrogen-bond donors (Lipinski definition) is 2. The molecule has 7 nitrogen and oxygen atoms in total. The summed E-state index contributed by atoms with van der Waals surface area (Å²) < 4.78 is 13.4. The minimum absolute atomic E-state index is 0.150. The number of benzene rings is 2. The molecule has 2 N–H and O–H groups in total. The van der Waals surface area contributed by atoms with Gasteiger partial charge < -0.3 is 24.4 Å². The summed E-state index contributed by atoms with van der Waals surface area (Å²) in [5.41, 5.74) is 4.22. The van der Waals surface area contributed by atoms with Crippen molar-refractivity contribution in [1.29, 1.82) is 0 Å². The Bertz CT molecular complexity index is 1390. The van der Waals surface area contributed by atoms with Gasteiger partial charge in [0.25, 0.3) is 11.8 Å². The van der Waals surface area contributed by atoms with Crippen LogP contribution < -0.4 is 10.6 Å². The Morgan fingerprint density at radius 1 is 1.03 bits per heavy atom. The fourth-order valence-corrected chi connectivity index (χ4v) is 5.01. The lowest BCUT2D eigenvalue weighted by molar-refractivity contribution is 0.0929. The molecular formula is C25H23N3O4. The molecule has 4 aromatic rings. The predicted molar refractivity (Wildman–Crippen MR) is 121 cm³/mol. The standard InChI is InChI=1S/C25H23N3O4/c1-26-25(30)17-9-13(24(29)27-22-19-10-31-11-20(19)22)8-16-18(12-32-23(16)17)14-4-3-5-21-15(14)6-7-28(21)2/h3-9,12,19-20,22H,10-11H2,1-2H3,(H,26,30)(H,27,29)/t19-,20+,22+. The summed E-state index contributed by atoms with van der Waals surface area (Å²) in [6.45, 7) is 1.40. The van der Waals surface area contributed by atoms with Crippen molar-refractivity contribution >= 4 is 33.7 Å². The van der Waals surface area contributed by atoms with Gasteiger partial charge in [-0.3, -0.25) is 9.59 Å². The Morgan fingerprint density at radius 3 is 2.62 bits per heavy atom. The van der Waals surface area contributed by atoms with Crippen molar-refractivity contribution in [2.24, 2.45) is 18.9 Å². The lowest BCUT2D eigenvalue weighted by Gasteiger charge is -2.10. The smallest absolute Gasteiger partial charge is 0.254 e. The van der Waals surface area contributed by atoms with Crippen molar-refractivity contribution in [1.82, 2.24) is 15.2 Å². The number of aromatic nitrogens is 1. The molecule has 2 aromatic carbocycles. The van der Waals surface area contributed by atoms with Gasteiger partial charge >= 0.3 is 0 Å². The van der Waals surface area contributed by atoms with E-state index in [1.54, 1.807) is 19.4 Å². The third-order valence-electron chi connectivity index (χ3n) is 6.88. The molecule has 2 amide bonds. The molecule has 0 bridgehead atoms. The lowest BCUT2D eigenvalue weighted by atomic mass is 9.97. The Balaban J connectivity index is 1.48. The SMILES string of the molecule is CNC(=O)c1cc(C(=O)N[C@H]2[C@@H]3COC[C@@H]32)cc2c(-c3cccc4c3ccn4C)coc12. The number of hydrogen-bond acceptors (Lipinski definition) is 4. The van der Waals surface area contributed by atoms with Crippen molar-refractivity contribution in [3.8, 4) is 11.1 Å². The monoisotopic (exact) mass is 429 g/mol. The summed E-state index contributed by atoms with van der Waals surface area (Å²) in [7, 11) is 3.57. The van der Waals surface area contributed by atoms with Crippen LogP contribution in [0.15, 0.2) is 53.3 Å². The Labute approximate surface area is 184 Å². The highest BCUT2D eigenvalue weighted by atomic mass is 16.5. The van der Waals surface area contributed by atoms with Crippen molar-refractivity contribution in [2.45, 2.75) is 6.04 Å². The van der Waals surface area contributed by atoms with Gasteiger partial charge in [-0.05, 0) is 29.8 Å². The van der Waals surface area contributed by atoms with Gasteiger partial charge in [-0.1, -0.05) is 12.1 Å². The second-order valence-corrected chi connectivity index (χ2v) is 8.66. The summed E-state index contributed by atoms with van der Waals surface area (Å²) in [6, 6.07) is 11.7. The number of ether oxygens (including phenoxy) is 1. The van der Waals surface area contributed by atoms with E-state index in [1.807, 2.05) is 31.4 Å². The first kappa shape index (κ1) is 19.1. The Morgan fingerprint density at radius 2 is 1.84 bits per heavy atom. The number of rotatable bonds is 4. The molecule has 162 valence electrons. The van der Waals surface area contributed by atoms with Crippen LogP contribution in [0.2, 0.25) is 0 Å². The number of nitrogens with zero attached hydrogens (tertiary/aromatic N) is 1. The molecule has 3 heterocycles. The van der Waals surface area contributed by atoms with E-state index in [9.17, 15) is 9.59 Å². The highest BCUT2D eigenvalue weighted by Crippen LogP contribution is 2.44. The summed E-state index contributed by atoms with van der Waals surface area (Å²) in [6.07, 6.45) is 3.69. The second-order valence-electron chi connectivity index (χ2n) is 8.66. The molecule has 1 saturated carbocycles. The molecule has 7 heteroatoms. The molecule has 2 aromatic heterocycles. The molecule has 1 saturated heterocycles. The molecule has 0 radical (unpaired) electrons. The van der Waals surface area contributed by atoms with E-state index in [2.05, 4.69) is 27.3 Å². The van der Waals surface area contributed by atoms with E-state index in [1.165, 1.54) is 0 Å². The van der Waals surface area contributed by atoms with Gasteiger partial charge in [-0.25, -0.2) is 0 Å². The van der Waals surface area contributed by atoms with Gasteiger partial charge in [0, 0.05) is 65.6 Å². The molecular weight excluding hydrogens is 406 g/mol. The van der Waals surface area contributed by atoms with Crippen LogP contribution in [-0.2, 0) is 11.8 Å². The minimum atomic E-state index is -0.292. The zero-order valence-corrected chi connectivity index (χ0v) is 17.8. The normalized spacial score (nSPS) is 21.6. The van der Waals surface area contributed by atoms with E-state index < -0.39 is 0 Å². The summed E-state index contributed by atoms with van der Waals surface area (Å²) in [5, 5.41) is 7.60. The number of nitrogens with one attached hydrogen (secondary N) is 2. The average molecular weight is 429 g/mol. The molecule has 3 atom stereocenters. The number of carbonyl (C=O) groups is 2. The molecule has 1 aliphatic carbocycles. The van der Waals surface area contributed by atoms with Crippen LogP contribution >= 0.6 is 0 Å². The van der Waals surface area contributed by atoms with Crippen molar-refractivity contribution in [3.63, 3.8) is 0 Å². The van der Waals surface area contributed by atoms with Crippen LogP contribution in [0.4, 0.5) is 0 Å². The topological polar surface area (TPSA) is 85.5 Å². The first-order valence-corrected chi connectivity index (χ1v) is 10.8. The average Bonchev–Trinajstić information content (AvgIpc) is 3.27. The van der Waals surface area contributed by atoms with Crippen LogP contribution in [0.25, 0.3) is 33.0 Å². The van der Waals surface area contributed by atoms with E-state index >= 15 is 0 Å². The van der Waals surface area contributed by atoms with Crippen LogP contribution in [0.3, 0.4) is 0 Å². The molecule has 2 aliphatic rings. The third-order valence-corrected chi connectivity index (χ3v) is 6.88. The van der Waals surface area contributed by atoms with Crippen LogP contribution in [-0.4, -0.2) is 42.7 Å². The van der Waals surface area contributed by atoms with E-state index in [-0.39, 0.29) is 17.9 Å². The molecule has 0 unspecified atom stereocenters. The predicted octanol–water partition coefficient (Wildman–Crippen LogP) is 3.33. The van der Waals surface area contributed by atoms with E-state index in [0.717, 1.165) is 27.4 Å². The number of amides is 2. The second kappa shape index (κ2) is 6.97. The fourth-order valence-electron chi connectivity index (χ4n) is 5.01. The zero-order chi connectivity index (χ0) is 22.0. The Kier molecular flexibility index (Phi) is 4.16. The summed E-state index contributed by atoms with van der Waals surface area (Å²) >= 11 is 0. The molecule has 32 heavy (non-hydrogen) atoms. The first-order valence-electron chi connectivity index (χ1n) is 10.8. The number of aryl methyl sites for hydroxylation is 1. The number of fused-ring (bicyclic) bond motifs is 3. The number of furan rings is 1. The van der Waals surface area contributed by atoms with Gasteiger partial charge in [0.05, 0.1) is 25.0 Å². The lowest BCUT2D eigenvalue weighted by Crippen LogP contribution is -2.30. The zero-order valence-electron chi connectivity index (χ0n) is 17.8. The first-order chi connectivity index (χ1) is 15.6. The highest BCUT2D eigenvalue weighted by molar-refractivity contribution is 6.13. The van der Waals surface area contributed by atoms with Crippen molar-refractivity contribution in [2.75, 3.05) is 20.3 Å². The van der Waals surface area contributed by atoms with Gasteiger partial charge in [0.2, 0.25) is 0 Å². The quantitative estimate of drug-likeness (QED) is 0.521. The minimum Gasteiger partial charge on any atom is -0.463 e. The fraction of sp³-hybridized carbons (Fsp3) is 0.280. The van der Waals surface area contributed by atoms with Crippen LogP contribution in [0.1, 0.15) is 20.7 Å². The third kappa shape index (κ3) is 2.78. The highest BCUT2D eigenvalue weighted by Gasteiger charge is 2.54. The van der Waals surface area contributed by atoms with E-state index in [0.29, 0.717) is 41.8 Å². The number of carbonyl (C=O) groups excluding carboxylic acids is 2. The maximum Gasteiger partial charge on any atom is 0.254 e. The van der Waals surface area contributed by atoms with Crippen LogP contribution in [0, 0.1) is 11.8 Å². The Hall–Kier alpha value is -3.58.